The molecular weight excluding hydrogens is 260 g/mol. The Bertz CT molecular complexity index is 558. The topological polar surface area (TPSA) is 45.0 Å². The quantitative estimate of drug-likeness (QED) is 0.755. The molecule has 0 atom stereocenters. The minimum atomic E-state index is 0.602. The number of nitrogens with zero attached hydrogens (tertiary/aromatic N) is 1. The van der Waals surface area contributed by atoms with Crippen LogP contribution >= 0.6 is 0 Å². The molecule has 0 aromatic heterocycles. The van der Waals surface area contributed by atoms with E-state index in [-0.39, 0.29) is 0 Å². The first-order chi connectivity index (χ1) is 10.4. The molecule has 0 aliphatic rings. The predicted octanol–water partition coefficient (Wildman–Crippen LogP) is 3.25. The Balaban J connectivity index is 1.53. The molecule has 0 unspecified atom stereocenters. The van der Waals surface area contributed by atoms with E-state index in [0.29, 0.717) is 12.2 Å². The fraction of sp³-hybridized carbons (Fsp3) is 0.278. The summed E-state index contributed by atoms with van der Waals surface area (Å²) in [6, 6.07) is 20.0. The van der Waals surface area contributed by atoms with Crippen molar-refractivity contribution in [2.45, 2.75) is 19.6 Å². The molecule has 3 heteroatoms. The first kappa shape index (κ1) is 15.2. The number of benzene rings is 2. The number of rotatable bonds is 8. The van der Waals surface area contributed by atoms with Crippen molar-refractivity contribution >= 4 is 0 Å². The summed E-state index contributed by atoms with van der Waals surface area (Å²) in [6.07, 6.45) is 0.989. The van der Waals surface area contributed by atoms with Crippen molar-refractivity contribution < 1.29 is 4.74 Å². The van der Waals surface area contributed by atoms with Gasteiger partial charge in [0.25, 0.3) is 0 Å². The number of hydrogen-bond acceptors (Lipinski definition) is 3. The summed E-state index contributed by atoms with van der Waals surface area (Å²) in [4.78, 5) is 0. The molecule has 0 heterocycles. The fourth-order valence-electron chi connectivity index (χ4n) is 1.99. The van der Waals surface area contributed by atoms with Gasteiger partial charge in [0.2, 0.25) is 0 Å². The molecule has 0 amide bonds. The van der Waals surface area contributed by atoms with Crippen LogP contribution in [0.25, 0.3) is 0 Å². The van der Waals surface area contributed by atoms with Gasteiger partial charge in [-0.3, -0.25) is 0 Å². The van der Waals surface area contributed by atoms with E-state index in [4.69, 9.17) is 10.00 Å². The van der Waals surface area contributed by atoms with Gasteiger partial charge >= 0.3 is 0 Å². The first-order valence-electron chi connectivity index (χ1n) is 7.20. The second-order valence-corrected chi connectivity index (χ2v) is 4.88. The molecule has 3 nitrogen and oxygen atoms in total. The molecule has 1 N–H and O–H groups in total. The minimum absolute atomic E-state index is 0.602. The second kappa shape index (κ2) is 8.91. The Morgan fingerprint density at radius 3 is 2.43 bits per heavy atom. The third-order valence-corrected chi connectivity index (χ3v) is 3.17. The van der Waals surface area contributed by atoms with Crippen molar-refractivity contribution in [3.05, 3.63) is 71.3 Å². The van der Waals surface area contributed by atoms with Crippen LogP contribution < -0.4 is 5.32 Å². The highest BCUT2D eigenvalue weighted by Gasteiger charge is 1.95. The van der Waals surface area contributed by atoms with Crippen LogP contribution in [0.1, 0.15) is 23.1 Å². The molecule has 0 saturated heterocycles. The van der Waals surface area contributed by atoms with Gasteiger partial charge in [-0.05, 0) is 36.2 Å². The molecule has 0 aliphatic carbocycles. The highest BCUT2D eigenvalue weighted by Crippen LogP contribution is 2.05. The Labute approximate surface area is 126 Å². The largest absolute Gasteiger partial charge is 0.377 e. The number of ether oxygens (including phenoxy) is 1. The van der Waals surface area contributed by atoms with E-state index in [1.807, 2.05) is 30.3 Å². The molecule has 0 radical (unpaired) electrons. The van der Waals surface area contributed by atoms with Crippen LogP contribution in [-0.4, -0.2) is 13.2 Å². The van der Waals surface area contributed by atoms with Crippen molar-refractivity contribution in [1.82, 2.24) is 5.32 Å². The van der Waals surface area contributed by atoms with Crippen LogP contribution in [0.3, 0.4) is 0 Å². The SMILES string of the molecule is N#Cc1ccc(COCCCNCc2ccccc2)cc1. The molecule has 0 spiro atoms. The van der Waals surface area contributed by atoms with E-state index in [1.54, 1.807) is 0 Å². The van der Waals surface area contributed by atoms with Gasteiger partial charge in [0, 0.05) is 13.2 Å². The van der Waals surface area contributed by atoms with Crippen LogP contribution in [0.4, 0.5) is 0 Å². The summed E-state index contributed by atoms with van der Waals surface area (Å²) in [6.45, 7) is 3.19. The summed E-state index contributed by atoms with van der Waals surface area (Å²) >= 11 is 0. The molecule has 2 rings (SSSR count). The van der Waals surface area contributed by atoms with Gasteiger partial charge in [-0.25, -0.2) is 0 Å². The van der Waals surface area contributed by atoms with Crippen molar-refractivity contribution in [2.75, 3.05) is 13.2 Å². The van der Waals surface area contributed by atoms with Gasteiger partial charge in [-0.2, -0.15) is 5.26 Å². The van der Waals surface area contributed by atoms with Crippen LogP contribution in [0.15, 0.2) is 54.6 Å². The third kappa shape index (κ3) is 5.78. The maximum absolute atomic E-state index is 8.72. The average Bonchev–Trinajstić information content (AvgIpc) is 2.55. The Morgan fingerprint density at radius 2 is 1.71 bits per heavy atom. The highest BCUT2D eigenvalue weighted by molar-refractivity contribution is 5.31. The van der Waals surface area contributed by atoms with E-state index in [2.05, 4.69) is 35.7 Å². The minimum Gasteiger partial charge on any atom is -0.377 e. The standard InChI is InChI=1S/C18H20N2O/c19-13-16-7-9-18(10-8-16)15-21-12-4-11-20-14-17-5-2-1-3-6-17/h1-3,5-10,20H,4,11-12,14-15H2. The lowest BCUT2D eigenvalue weighted by Gasteiger charge is -2.06. The molecule has 0 saturated carbocycles. The Kier molecular flexibility index (Phi) is 6.47. The van der Waals surface area contributed by atoms with Gasteiger partial charge in [0.05, 0.1) is 18.2 Å². The second-order valence-electron chi connectivity index (χ2n) is 4.88. The lowest BCUT2D eigenvalue weighted by Crippen LogP contribution is -2.16. The average molecular weight is 280 g/mol. The molecule has 2 aromatic rings. The number of nitrogens with one attached hydrogen (secondary N) is 1. The monoisotopic (exact) mass is 280 g/mol. The van der Waals surface area contributed by atoms with E-state index in [9.17, 15) is 0 Å². The van der Waals surface area contributed by atoms with Gasteiger partial charge in [-0.15, -0.1) is 0 Å². The van der Waals surface area contributed by atoms with Gasteiger partial charge in [-0.1, -0.05) is 42.5 Å². The fourth-order valence-corrected chi connectivity index (χ4v) is 1.99. The maximum atomic E-state index is 8.72. The molecule has 2 aromatic carbocycles. The summed E-state index contributed by atoms with van der Waals surface area (Å²) in [5.41, 5.74) is 3.09. The zero-order valence-corrected chi connectivity index (χ0v) is 12.1. The summed E-state index contributed by atoms with van der Waals surface area (Å²) < 4.78 is 5.62. The molecule has 0 bridgehead atoms. The normalized spacial score (nSPS) is 10.2. The summed E-state index contributed by atoms with van der Waals surface area (Å²) in [5, 5.41) is 12.1. The summed E-state index contributed by atoms with van der Waals surface area (Å²) in [5.74, 6) is 0. The number of hydrogen-bond donors (Lipinski definition) is 1. The van der Waals surface area contributed by atoms with E-state index >= 15 is 0 Å². The molecule has 21 heavy (non-hydrogen) atoms. The van der Waals surface area contributed by atoms with Crippen molar-refractivity contribution in [1.29, 1.82) is 5.26 Å². The van der Waals surface area contributed by atoms with Gasteiger partial charge < -0.3 is 10.1 Å². The van der Waals surface area contributed by atoms with E-state index < -0.39 is 0 Å². The van der Waals surface area contributed by atoms with Crippen LogP contribution in [0.2, 0.25) is 0 Å². The highest BCUT2D eigenvalue weighted by atomic mass is 16.5. The zero-order valence-electron chi connectivity index (χ0n) is 12.1. The lowest BCUT2D eigenvalue weighted by molar-refractivity contribution is 0.118. The van der Waals surface area contributed by atoms with Gasteiger partial charge in [0.1, 0.15) is 0 Å². The molecule has 108 valence electrons. The molecule has 0 aliphatic heterocycles. The third-order valence-electron chi connectivity index (χ3n) is 3.17. The maximum Gasteiger partial charge on any atom is 0.0991 e. The van der Waals surface area contributed by atoms with Crippen molar-refractivity contribution in [2.24, 2.45) is 0 Å². The van der Waals surface area contributed by atoms with E-state index in [1.165, 1.54) is 5.56 Å². The van der Waals surface area contributed by atoms with E-state index in [0.717, 1.165) is 31.7 Å². The van der Waals surface area contributed by atoms with Crippen LogP contribution in [0, 0.1) is 11.3 Å². The van der Waals surface area contributed by atoms with Crippen LogP contribution in [0.5, 0.6) is 0 Å². The van der Waals surface area contributed by atoms with Gasteiger partial charge in [0.15, 0.2) is 0 Å². The lowest BCUT2D eigenvalue weighted by atomic mass is 10.2. The summed E-state index contributed by atoms with van der Waals surface area (Å²) in [7, 11) is 0. The smallest absolute Gasteiger partial charge is 0.0991 e. The van der Waals surface area contributed by atoms with Crippen LogP contribution in [-0.2, 0) is 17.9 Å². The number of nitriles is 1. The van der Waals surface area contributed by atoms with Crippen molar-refractivity contribution in [3.8, 4) is 6.07 Å². The predicted molar refractivity (Wildman–Crippen MR) is 83.6 cm³/mol. The Morgan fingerprint density at radius 1 is 0.952 bits per heavy atom. The zero-order chi connectivity index (χ0) is 14.8. The Hall–Kier alpha value is -2.15. The molecular formula is C18H20N2O. The molecule has 0 fully saturated rings. The van der Waals surface area contributed by atoms with Crippen molar-refractivity contribution in [3.63, 3.8) is 0 Å². The first-order valence-corrected chi connectivity index (χ1v) is 7.20.